The highest BCUT2D eigenvalue weighted by atomic mass is 35.5. The normalized spacial score (nSPS) is 21.6. The molecule has 1 atom stereocenters. The third kappa shape index (κ3) is 2.67. The second-order valence-corrected chi connectivity index (χ2v) is 7.43. The van der Waals surface area contributed by atoms with Gasteiger partial charge in [0.1, 0.15) is 0 Å². The van der Waals surface area contributed by atoms with E-state index in [0.29, 0.717) is 11.4 Å². The van der Waals surface area contributed by atoms with Crippen LogP contribution in [0.3, 0.4) is 0 Å². The summed E-state index contributed by atoms with van der Waals surface area (Å²) in [5, 5.41) is 4.85. The maximum Gasteiger partial charge on any atom is 0.152 e. The zero-order valence-corrected chi connectivity index (χ0v) is 11.7. The van der Waals surface area contributed by atoms with Crippen molar-refractivity contribution in [1.29, 1.82) is 0 Å². The fraction of sp³-hybridized carbons (Fsp3) is 0.308. The number of halogens is 1. The number of benzene rings is 1. The van der Waals surface area contributed by atoms with E-state index in [1.807, 2.05) is 18.2 Å². The predicted octanol–water partition coefficient (Wildman–Crippen LogP) is 2.49. The number of hydrogen-bond donors (Lipinski definition) is 1. The highest BCUT2D eigenvalue weighted by molar-refractivity contribution is 7.91. The van der Waals surface area contributed by atoms with Crippen molar-refractivity contribution < 1.29 is 8.42 Å². The molecule has 1 aromatic carbocycles. The van der Waals surface area contributed by atoms with Gasteiger partial charge < -0.3 is 5.32 Å². The van der Waals surface area contributed by atoms with E-state index in [0.717, 1.165) is 16.6 Å². The summed E-state index contributed by atoms with van der Waals surface area (Å²) in [5.41, 5.74) is 1.73. The second kappa shape index (κ2) is 4.65. The van der Waals surface area contributed by atoms with Gasteiger partial charge in [-0.2, -0.15) is 0 Å². The summed E-state index contributed by atoms with van der Waals surface area (Å²) in [6, 6.07) is 7.31. The summed E-state index contributed by atoms with van der Waals surface area (Å²) >= 11 is 6.00. The van der Waals surface area contributed by atoms with Crippen molar-refractivity contribution in [2.75, 3.05) is 16.8 Å². The Morgan fingerprint density at radius 3 is 2.89 bits per heavy atom. The smallest absolute Gasteiger partial charge is 0.152 e. The Hall–Kier alpha value is -1.33. The van der Waals surface area contributed by atoms with Crippen LogP contribution in [0.5, 0.6) is 0 Å². The molecule has 100 valence electrons. The Morgan fingerprint density at radius 2 is 2.16 bits per heavy atom. The van der Waals surface area contributed by atoms with Crippen LogP contribution in [0.15, 0.2) is 30.5 Å². The van der Waals surface area contributed by atoms with Gasteiger partial charge in [0.05, 0.1) is 17.0 Å². The van der Waals surface area contributed by atoms with Gasteiger partial charge in [0, 0.05) is 28.3 Å². The predicted molar refractivity (Wildman–Crippen MR) is 77.4 cm³/mol. The van der Waals surface area contributed by atoms with Crippen LogP contribution in [0.1, 0.15) is 6.42 Å². The van der Waals surface area contributed by atoms with Gasteiger partial charge in [0.2, 0.25) is 0 Å². The van der Waals surface area contributed by atoms with E-state index < -0.39 is 9.84 Å². The molecule has 1 unspecified atom stereocenters. The van der Waals surface area contributed by atoms with Crippen LogP contribution in [-0.2, 0) is 9.84 Å². The fourth-order valence-corrected chi connectivity index (χ4v) is 4.22. The van der Waals surface area contributed by atoms with E-state index in [-0.39, 0.29) is 17.5 Å². The molecule has 1 aromatic heterocycles. The molecule has 1 fully saturated rings. The largest absolute Gasteiger partial charge is 0.381 e. The summed E-state index contributed by atoms with van der Waals surface area (Å²) in [4.78, 5) is 4.27. The number of nitrogens with one attached hydrogen (secondary N) is 1. The van der Waals surface area contributed by atoms with Crippen molar-refractivity contribution >= 4 is 38.0 Å². The molecule has 6 heteroatoms. The van der Waals surface area contributed by atoms with E-state index >= 15 is 0 Å². The molecule has 0 bridgehead atoms. The second-order valence-electron chi connectivity index (χ2n) is 4.76. The minimum absolute atomic E-state index is 0.0328. The van der Waals surface area contributed by atoms with E-state index in [2.05, 4.69) is 10.3 Å². The van der Waals surface area contributed by atoms with Gasteiger partial charge in [-0.25, -0.2) is 8.42 Å². The molecule has 2 aromatic rings. The quantitative estimate of drug-likeness (QED) is 0.925. The van der Waals surface area contributed by atoms with Crippen molar-refractivity contribution in [2.24, 2.45) is 0 Å². The van der Waals surface area contributed by atoms with Crippen molar-refractivity contribution in [3.8, 4) is 0 Å². The molecule has 2 heterocycles. The molecule has 0 radical (unpaired) electrons. The maximum atomic E-state index is 11.5. The molecule has 4 nitrogen and oxygen atoms in total. The summed E-state index contributed by atoms with van der Waals surface area (Å²) < 4.78 is 23.0. The molecule has 1 aliphatic rings. The van der Waals surface area contributed by atoms with Crippen molar-refractivity contribution in [1.82, 2.24) is 4.98 Å². The number of aromatic nitrogens is 1. The Balaban J connectivity index is 1.95. The van der Waals surface area contributed by atoms with Crippen LogP contribution in [0, 0.1) is 0 Å². The molecule has 1 saturated heterocycles. The number of nitrogens with zero attached hydrogens (tertiary/aromatic N) is 1. The number of anilines is 1. The van der Waals surface area contributed by atoms with Gasteiger partial charge in [-0.05, 0) is 30.7 Å². The van der Waals surface area contributed by atoms with Crippen LogP contribution in [0.4, 0.5) is 5.69 Å². The Morgan fingerprint density at radius 1 is 1.32 bits per heavy atom. The zero-order valence-electron chi connectivity index (χ0n) is 10.1. The third-order valence-corrected chi connectivity index (χ3v) is 5.30. The topological polar surface area (TPSA) is 59.1 Å². The van der Waals surface area contributed by atoms with Gasteiger partial charge >= 0.3 is 0 Å². The third-order valence-electron chi connectivity index (χ3n) is 3.30. The number of rotatable bonds is 2. The van der Waals surface area contributed by atoms with Gasteiger partial charge in [-0.1, -0.05) is 11.6 Å². The van der Waals surface area contributed by atoms with Crippen molar-refractivity contribution in [2.45, 2.75) is 12.5 Å². The van der Waals surface area contributed by atoms with Crippen molar-refractivity contribution in [3.05, 3.63) is 35.5 Å². The minimum atomic E-state index is -2.88. The lowest BCUT2D eigenvalue weighted by Gasteiger charge is -2.14. The summed E-state index contributed by atoms with van der Waals surface area (Å²) in [5.74, 6) is 0.450. The van der Waals surface area contributed by atoms with Crippen LogP contribution in [0.25, 0.3) is 10.9 Å². The van der Waals surface area contributed by atoms with Gasteiger partial charge in [0.15, 0.2) is 9.84 Å². The molecule has 0 spiro atoms. The first kappa shape index (κ1) is 12.7. The summed E-state index contributed by atoms with van der Waals surface area (Å²) in [6.45, 7) is 0. The molecular weight excluding hydrogens is 284 g/mol. The number of fused-ring (bicyclic) bond motifs is 1. The average molecular weight is 297 g/mol. The molecule has 1 N–H and O–H groups in total. The molecule has 19 heavy (non-hydrogen) atoms. The molecule has 0 amide bonds. The highest BCUT2D eigenvalue weighted by Crippen LogP contribution is 2.27. The van der Waals surface area contributed by atoms with E-state index in [1.54, 1.807) is 12.3 Å². The molecular formula is C13H13ClN2O2S. The molecule has 0 aliphatic carbocycles. The van der Waals surface area contributed by atoms with E-state index in [4.69, 9.17) is 11.6 Å². The number of sulfone groups is 1. The Kier molecular flexibility index (Phi) is 3.11. The summed E-state index contributed by atoms with van der Waals surface area (Å²) in [7, 11) is -2.88. The Bertz CT molecular complexity index is 731. The average Bonchev–Trinajstić information content (AvgIpc) is 2.69. The first-order valence-corrected chi connectivity index (χ1v) is 8.25. The van der Waals surface area contributed by atoms with Crippen molar-refractivity contribution in [3.63, 3.8) is 0 Å². The van der Waals surface area contributed by atoms with Gasteiger partial charge in [-0.15, -0.1) is 0 Å². The van der Waals surface area contributed by atoms with Crippen LogP contribution >= 0.6 is 11.6 Å². The fourth-order valence-electron chi connectivity index (χ4n) is 2.37. The lowest BCUT2D eigenvalue weighted by atomic mass is 10.1. The van der Waals surface area contributed by atoms with E-state index in [9.17, 15) is 8.42 Å². The first-order valence-electron chi connectivity index (χ1n) is 6.05. The van der Waals surface area contributed by atoms with Crippen LogP contribution in [-0.4, -0.2) is 30.9 Å². The van der Waals surface area contributed by atoms with E-state index in [1.165, 1.54) is 0 Å². The maximum absolute atomic E-state index is 11.5. The lowest BCUT2D eigenvalue weighted by Crippen LogP contribution is -2.20. The molecule has 3 rings (SSSR count). The first-order chi connectivity index (χ1) is 9.03. The van der Waals surface area contributed by atoms with Crippen LogP contribution in [0.2, 0.25) is 5.02 Å². The molecule has 1 aliphatic heterocycles. The molecule has 0 saturated carbocycles. The van der Waals surface area contributed by atoms with Gasteiger partial charge in [0.25, 0.3) is 0 Å². The van der Waals surface area contributed by atoms with Gasteiger partial charge in [-0.3, -0.25) is 4.98 Å². The van der Waals surface area contributed by atoms with Crippen LogP contribution < -0.4 is 5.32 Å². The SMILES string of the molecule is O=S1(=O)CCC(Nc2ccnc3ccc(Cl)cc23)C1. The standard InChI is InChI=1S/C13H13ClN2O2S/c14-9-1-2-12-11(7-9)13(3-5-15-12)16-10-4-6-19(17,18)8-10/h1-3,5,7,10H,4,6,8H2,(H,15,16). The highest BCUT2D eigenvalue weighted by Gasteiger charge is 2.27. The number of pyridine rings is 1. The Labute approximate surface area is 116 Å². The lowest BCUT2D eigenvalue weighted by molar-refractivity contribution is 0.602. The minimum Gasteiger partial charge on any atom is -0.381 e. The zero-order chi connectivity index (χ0) is 13.5. The monoisotopic (exact) mass is 296 g/mol. The number of hydrogen-bond acceptors (Lipinski definition) is 4. The summed E-state index contributed by atoms with van der Waals surface area (Å²) in [6.07, 6.45) is 2.36.